The minimum Gasteiger partial charge on any atom is -0.463 e. The first-order chi connectivity index (χ1) is 39.0. The van der Waals surface area contributed by atoms with Crippen LogP contribution < -0.4 is 0 Å². The van der Waals surface area contributed by atoms with Crippen LogP contribution in [-0.4, -0.2) is 166 Å². The molecule has 1 saturated carbocycles. The van der Waals surface area contributed by atoms with Crippen LogP contribution in [-0.2, 0) is 98.8 Å². The van der Waals surface area contributed by atoms with Crippen molar-refractivity contribution < 1.29 is 89.9 Å². The molecule has 2 aromatic carbocycles. The van der Waals surface area contributed by atoms with Crippen LogP contribution in [0, 0.1) is 0 Å². The molecule has 81 heavy (non-hydrogen) atoms. The maximum absolute atomic E-state index is 17.6. The number of azide groups is 5. The second-order valence-electron chi connectivity index (χ2n) is 18.3. The molecule has 3 aliphatic heterocycles. The van der Waals surface area contributed by atoms with Crippen molar-refractivity contribution in [1.82, 2.24) is 0 Å². The zero-order valence-corrected chi connectivity index (χ0v) is 43.9. The summed E-state index contributed by atoms with van der Waals surface area (Å²) in [6.07, 6.45) is -28.5. The monoisotopic (exact) mass is 1140 g/mol. The van der Waals surface area contributed by atoms with Crippen LogP contribution in [0.15, 0.2) is 86.2 Å². The Hall–Kier alpha value is -8.05. The number of nitrogens with zero attached hydrogens (tertiary/aromatic N) is 15. The lowest BCUT2D eigenvalue weighted by Crippen LogP contribution is -2.64. The zero-order chi connectivity index (χ0) is 58.6. The Kier molecular flexibility index (Phi) is 23.4. The van der Waals surface area contributed by atoms with Crippen LogP contribution in [0.1, 0.15) is 52.2 Å². The third-order valence-electron chi connectivity index (χ3n) is 12.7. The van der Waals surface area contributed by atoms with E-state index in [9.17, 15) is 51.6 Å². The van der Waals surface area contributed by atoms with Gasteiger partial charge in [-0.15, -0.1) is 0 Å². The van der Waals surface area contributed by atoms with Crippen LogP contribution in [0.4, 0.5) is 4.39 Å². The van der Waals surface area contributed by atoms with Gasteiger partial charge in [0.1, 0.15) is 55.4 Å². The number of hydrogen-bond donors (Lipinski definition) is 0. The largest absolute Gasteiger partial charge is 0.463 e. The van der Waals surface area contributed by atoms with Gasteiger partial charge in [-0.25, -0.2) is 4.39 Å². The Morgan fingerprint density at radius 1 is 0.494 bits per heavy atom. The zero-order valence-electron chi connectivity index (χ0n) is 43.9. The van der Waals surface area contributed by atoms with E-state index in [2.05, 4.69) is 50.1 Å². The highest BCUT2D eigenvalue weighted by Crippen LogP contribution is 2.41. The van der Waals surface area contributed by atoms with E-state index in [0.717, 1.165) is 34.6 Å². The average molecular weight is 1140 g/mol. The van der Waals surface area contributed by atoms with Gasteiger partial charge in [0, 0.05) is 59.2 Å². The van der Waals surface area contributed by atoms with Gasteiger partial charge in [-0.05, 0) is 45.2 Å². The molecule has 2 aromatic rings. The van der Waals surface area contributed by atoms with Crippen LogP contribution in [0.5, 0.6) is 0 Å². The van der Waals surface area contributed by atoms with E-state index >= 15 is 4.39 Å². The molecule has 33 nitrogen and oxygen atoms in total. The lowest BCUT2D eigenvalue weighted by atomic mass is 9.83. The first kappa shape index (κ1) is 62.2. The van der Waals surface area contributed by atoms with Crippen LogP contribution in [0.25, 0.3) is 52.2 Å². The molecule has 0 spiro atoms. The molecule has 34 heteroatoms. The molecule has 4 aliphatic rings. The predicted molar refractivity (Wildman–Crippen MR) is 266 cm³/mol. The van der Waals surface area contributed by atoms with E-state index < -0.39 is 172 Å². The van der Waals surface area contributed by atoms with Crippen molar-refractivity contribution in [3.05, 3.63) is 124 Å². The second kappa shape index (κ2) is 30.5. The molecule has 0 radical (unpaired) electrons. The molecule has 0 aromatic heterocycles. The number of benzene rings is 2. The van der Waals surface area contributed by atoms with Gasteiger partial charge in [-0.2, -0.15) is 0 Å². The van der Waals surface area contributed by atoms with E-state index in [0.29, 0.717) is 11.1 Å². The summed E-state index contributed by atoms with van der Waals surface area (Å²) in [6.45, 7) is 2.80. The third kappa shape index (κ3) is 17.0. The topological polar surface area (TPSA) is 449 Å². The van der Waals surface area contributed by atoms with Crippen molar-refractivity contribution in [2.45, 2.75) is 171 Å². The highest BCUT2D eigenvalue weighted by molar-refractivity contribution is 5.68. The minimum absolute atomic E-state index is 0.133. The standard InChI is InChI=1S/C47H56FN15O18/c1-22(64)69-21-33-40(80-45-35(58-63-53)42(74-25(4)67)39(73-24(3)66)32(76-45)18-55-60-50)44(75-26(5)68)47(78-33)81-43-36(72-23(2)65)29(56-61-51)16-30(57-62-52)37(43)79-46-41(71-20-28-14-10-7-11-15-28)34(48)38(31(77-46)17-54-59-49)70-19-27-12-8-6-9-13-27/h6-15,29-47H,16-21H2,1-5H3. The molecule has 19 atom stereocenters. The Balaban J connectivity index is 1.46. The number of hydrogen-bond acceptors (Lipinski definition) is 23. The smallest absolute Gasteiger partial charge is 0.303 e. The van der Waals surface area contributed by atoms with E-state index in [-0.39, 0.29) is 13.2 Å². The summed E-state index contributed by atoms with van der Waals surface area (Å²) in [6, 6.07) is 12.6. The maximum Gasteiger partial charge on any atom is 0.303 e. The van der Waals surface area contributed by atoms with E-state index in [1.807, 2.05) is 0 Å². The quantitative estimate of drug-likeness (QED) is 0.0352. The normalized spacial score (nSPS) is 32.2. The number of halogens is 1. The molecule has 3 saturated heterocycles. The summed E-state index contributed by atoms with van der Waals surface area (Å²) in [5.74, 6) is -4.77. The van der Waals surface area contributed by atoms with Gasteiger partial charge in [0.25, 0.3) is 0 Å². The van der Waals surface area contributed by atoms with Gasteiger partial charge in [0.15, 0.2) is 43.4 Å². The fourth-order valence-corrected chi connectivity index (χ4v) is 9.50. The van der Waals surface area contributed by atoms with Gasteiger partial charge in [0.2, 0.25) is 0 Å². The first-order valence-corrected chi connectivity index (χ1v) is 24.8. The summed E-state index contributed by atoms with van der Waals surface area (Å²) in [7, 11) is 0. The number of alkyl halides is 1. The predicted octanol–water partition coefficient (Wildman–Crippen LogP) is 6.18. The van der Waals surface area contributed by atoms with E-state index in [1.165, 1.54) is 0 Å². The minimum atomic E-state index is -2.14. The Morgan fingerprint density at radius 3 is 1.47 bits per heavy atom. The van der Waals surface area contributed by atoms with Gasteiger partial charge in [-0.1, -0.05) is 86.2 Å². The molecular formula is C47H56FN15O18. The van der Waals surface area contributed by atoms with Crippen LogP contribution in [0.3, 0.4) is 0 Å². The van der Waals surface area contributed by atoms with Crippen molar-refractivity contribution in [3.63, 3.8) is 0 Å². The van der Waals surface area contributed by atoms with Gasteiger partial charge in [0.05, 0.1) is 50.6 Å². The lowest BCUT2D eigenvalue weighted by Gasteiger charge is -2.48. The molecule has 19 unspecified atom stereocenters. The molecule has 0 amide bonds. The van der Waals surface area contributed by atoms with Crippen molar-refractivity contribution >= 4 is 29.8 Å². The highest BCUT2D eigenvalue weighted by atomic mass is 19.1. The van der Waals surface area contributed by atoms with Crippen molar-refractivity contribution in [2.24, 2.45) is 25.6 Å². The van der Waals surface area contributed by atoms with E-state index in [1.54, 1.807) is 60.7 Å². The molecule has 1 aliphatic carbocycles. The SMILES string of the molecule is CC(=O)OCC1OC(OC2C(OC(C)=O)C(N=[N+]=[N-])CC(N=[N+]=[N-])C2OC2OC(CN=[N+]=[N-])C(OCc3ccccc3)C(F)C2OCc2ccccc2)C(OC(C)=O)C1OC1OC(CN=[N+]=[N-])C(OC(C)=O)C(OC(C)=O)C1N=[N+]=[N-]. The third-order valence-corrected chi connectivity index (χ3v) is 12.7. The Morgan fingerprint density at radius 2 is 0.938 bits per heavy atom. The van der Waals surface area contributed by atoms with Crippen molar-refractivity contribution in [1.29, 1.82) is 0 Å². The molecule has 0 bridgehead atoms. The molecule has 0 N–H and O–H groups in total. The number of esters is 5. The number of ether oxygens (including phenoxy) is 13. The van der Waals surface area contributed by atoms with Crippen LogP contribution >= 0.6 is 0 Å². The summed E-state index contributed by atoms with van der Waals surface area (Å²) in [5.41, 5.74) is 49.6. The fraction of sp³-hybridized carbons (Fsp3) is 0.638. The van der Waals surface area contributed by atoms with Crippen LogP contribution in [0.2, 0.25) is 0 Å². The van der Waals surface area contributed by atoms with Crippen molar-refractivity contribution in [3.8, 4) is 0 Å². The maximum atomic E-state index is 17.6. The summed E-state index contributed by atoms with van der Waals surface area (Å²) < 4.78 is 96.3. The Bertz CT molecular complexity index is 2750. The van der Waals surface area contributed by atoms with Gasteiger partial charge >= 0.3 is 29.8 Å². The fourth-order valence-electron chi connectivity index (χ4n) is 9.50. The lowest BCUT2D eigenvalue weighted by molar-refractivity contribution is -0.334. The number of carbonyl (C=O) groups is 5. The molecule has 6 rings (SSSR count). The Labute approximate surface area is 458 Å². The van der Waals surface area contributed by atoms with Gasteiger partial charge in [-0.3, -0.25) is 24.0 Å². The highest BCUT2D eigenvalue weighted by Gasteiger charge is 2.59. The second-order valence-corrected chi connectivity index (χ2v) is 18.3. The number of rotatable bonds is 25. The van der Waals surface area contributed by atoms with Gasteiger partial charge < -0.3 is 61.6 Å². The van der Waals surface area contributed by atoms with Crippen molar-refractivity contribution in [2.75, 3.05) is 19.7 Å². The summed E-state index contributed by atoms with van der Waals surface area (Å²) in [5, 5.41) is 18.6. The molecule has 434 valence electrons. The van der Waals surface area contributed by atoms with E-state index in [4.69, 9.17) is 61.6 Å². The molecule has 3 heterocycles. The number of carbonyl (C=O) groups excluding carboxylic acids is 5. The molecular weight excluding hydrogens is 1080 g/mol. The summed E-state index contributed by atoms with van der Waals surface area (Å²) in [4.78, 5) is 77.8. The average Bonchev–Trinajstić information content (AvgIpc) is 3.95. The molecule has 4 fully saturated rings. The first-order valence-electron chi connectivity index (χ1n) is 24.8. The summed E-state index contributed by atoms with van der Waals surface area (Å²) >= 11 is 0.